The van der Waals surface area contributed by atoms with E-state index in [9.17, 15) is 14.4 Å². The first kappa shape index (κ1) is 20.0. The number of likely N-dealkylation sites (tertiary alicyclic amines) is 1. The van der Waals surface area contributed by atoms with E-state index in [4.69, 9.17) is 0 Å². The van der Waals surface area contributed by atoms with Gasteiger partial charge in [-0.05, 0) is 55.3 Å². The number of thiophene rings is 1. The molecule has 1 amide bonds. The molecule has 2 N–H and O–H groups in total. The van der Waals surface area contributed by atoms with Crippen molar-refractivity contribution >= 4 is 23.0 Å². The van der Waals surface area contributed by atoms with Gasteiger partial charge in [0.2, 0.25) is 0 Å². The lowest BCUT2D eigenvalue weighted by molar-refractivity contribution is 0.0910. The van der Waals surface area contributed by atoms with Crippen molar-refractivity contribution in [3.63, 3.8) is 0 Å². The first-order valence-corrected chi connectivity index (χ1v) is 11.1. The molecule has 1 unspecified atom stereocenters. The smallest absolute Gasteiger partial charge is 0.261 e. The molecule has 2 aromatic heterocycles. The summed E-state index contributed by atoms with van der Waals surface area (Å²) < 4.78 is 0. The Hall–Kier alpha value is -2.25. The predicted molar refractivity (Wildman–Crippen MR) is 114 cm³/mol. The van der Waals surface area contributed by atoms with Gasteiger partial charge in [0.15, 0.2) is 5.78 Å². The number of aromatic amines is 1. The van der Waals surface area contributed by atoms with Crippen molar-refractivity contribution in [2.75, 3.05) is 19.6 Å². The third-order valence-corrected chi connectivity index (χ3v) is 6.84. The summed E-state index contributed by atoms with van der Waals surface area (Å²) in [6, 6.07) is 5.70. The Morgan fingerprint density at radius 2 is 2.03 bits per heavy atom. The van der Waals surface area contributed by atoms with Gasteiger partial charge in [0, 0.05) is 29.1 Å². The minimum absolute atomic E-state index is 0.0168. The molecule has 0 spiro atoms. The van der Waals surface area contributed by atoms with E-state index in [1.54, 1.807) is 11.3 Å². The third kappa shape index (κ3) is 4.21. The van der Waals surface area contributed by atoms with Gasteiger partial charge in [0.1, 0.15) is 5.56 Å². The van der Waals surface area contributed by atoms with E-state index in [2.05, 4.69) is 21.3 Å². The SMILES string of the molecule is CC1(C)CC(=O)c2cc(C(=O)NCC(c3cccs3)N3CCCC3)c(=O)[nH]c2C1. The molecule has 2 aromatic rings. The van der Waals surface area contributed by atoms with Crippen molar-refractivity contribution < 1.29 is 9.59 Å². The van der Waals surface area contributed by atoms with Gasteiger partial charge in [-0.2, -0.15) is 0 Å². The van der Waals surface area contributed by atoms with Crippen molar-refractivity contribution in [1.29, 1.82) is 0 Å². The lowest BCUT2D eigenvalue weighted by Crippen LogP contribution is -2.39. The number of amides is 1. The Morgan fingerprint density at radius 3 is 2.72 bits per heavy atom. The lowest BCUT2D eigenvalue weighted by Gasteiger charge is -2.30. The molecule has 0 bridgehead atoms. The summed E-state index contributed by atoms with van der Waals surface area (Å²) in [7, 11) is 0. The number of nitrogens with zero attached hydrogens (tertiary/aromatic N) is 1. The monoisotopic (exact) mass is 413 g/mol. The third-order valence-electron chi connectivity index (χ3n) is 5.87. The topological polar surface area (TPSA) is 82.3 Å². The summed E-state index contributed by atoms with van der Waals surface area (Å²) >= 11 is 1.68. The quantitative estimate of drug-likeness (QED) is 0.789. The highest BCUT2D eigenvalue weighted by Crippen LogP contribution is 2.33. The van der Waals surface area contributed by atoms with Gasteiger partial charge in [0.25, 0.3) is 11.5 Å². The van der Waals surface area contributed by atoms with Crippen LogP contribution in [0, 0.1) is 5.41 Å². The van der Waals surface area contributed by atoms with Crippen LogP contribution in [0.3, 0.4) is 0 Å². The first-order chi connectivity index (χ1) is 13.8. The largest absolute Gasteiger partial charge is 0.350 e. The Morgan fingerprint density at radius 1 is 1.28 bits per heavy atom. The normalized spacial score (nSPS) is 19.7. The fourth-order valence-electron chi connectivity index (χ4n) is 4.42. The van der Waals surface area contributed by atoms with Crippen LogP contribution in [0.1, 0.15) is 70.4 Å². The van der Waals surface area contributed by atoms with E-state index in [0.29, 0.717) is 30.6 Å². The van der Waals surface area contributed by atoms with Gasteiger partial charge >= 0.3 is 0 Å². The average molecular weight is 414 g/mol. The van der Waals surface area contributed by atoms with E-state index in [1.807, 2.05) is 25.3 Å². The Kier molecular flexibility index (Phi) is 5.44. The summed E-state index contributed by atoms with van der Waals surface area (Å²) in [5.41, 5.74) is 0.522. The number of hydrogen-bond acceptors (Lipinski definition) is 5. The van der Waals surface area contributed by atoms with Crippen LogP contribution in [0.25, 0.3) is 0 Å². The van der Waals surface area contributed by atoms with E-state index >= 15 is 0 Å². The van der Waals surface area contributed by atoms with Crippen molar-refractivity contribution in [2.45, 2.75) is 45.6 Å². The van der Waals surface area contributed by atoms with Gasteiger partial charge in [-0.1, -0.05) is 19.9 Å². The standard InChI is InChI=1S/C22H27N3O3S/c1-22(2)11-16-14(18(26)12-22)10-15(21(28)24-16)20(27)23-13-17(19-6-5-9-29-19)25-7-3-4-8-25/h5-6,9-10,17H,3-4,7-8,11-13H2,1-2H3,(H,23,27)(H,24,28). The molecule has 0 aromatic carbocycles. The van der Waals surface area contributed by atoms with E-state index < -0.39 is 11.5 Å². The molecule has 29 heavy (non-hydrogen) atoms. The van der Waals surface area contributed by atoms with Crippen molar-refractivity contribution in [1.82, 2.24) is 15.2 Å². The first-order valence-electron chi connectivity index (χ1n) is 10.2. The number of nitrogens with one attached hydrogen (secondary N) is 2. The van der Waals surface area contributed by atoms with Crippen molar-refractivity contribution in [2.24, 2.45) is 5.41 Å². The number of rotatable bonds is 5. The molecule has 154 valence electrons. The van der Waals surface area contributed by atoms with Crippen molar-refractivity contribution in [3.8, 4) is 0 Å². The Labute approximate surface area is 174 Å². The Balaban J connectivity index is 1.53. The van der Waals surface area contributed by atoms with Gasteiger partial charge < -0.3 is 10.3 Å². The molecule has 0 radical (unpaired) electrons. The molecule has 2 aliphatic rings. The van der Waals surface area contributed by atoms with Crippen LogP contribution in [0.2, 0.25) is 0 Å². The van der Waals surface area contributed by atoms with Crippen LogP contribution in [0.5, 0.6) is 0 Å². The minimum atomic E-state index is -0.430. The maximum atomic E-state index is 12.8. The Bertz CT molecular complexity index is 972. The molecule has 1 aliphatic carbocycles. The zero-order chi connectivity index (χ0) is 20.6. The van der Waals surface area contributed by atoms with Crippen LogP contribution in [-0.4, -0.2) is 41.2 Å². The van der Waals surface area contributed by atoms with E-state index in [0.717, 1.165) is 13.1 Å². The number of Topliss-reactive ketones (excluding diaryl/α,β-unsaturated/α-hetero) is 1. The second-order valence-electron chi connectivity index (χ2n) is 8.83. The number of aromatic nitrogens is 1. The summed E-state index contributed by atoms with van der Waals surface area (Å²) in [5, 5.41) is 4.98. The van der Waals surface area contributed by atoms with Gasteiger partial charge in [-0.25, -0.2) is 0 Å². The van der Waals surface area contributed by atoms with Crippen LogP contribution >= 0.6 is 11.3 Å². The molecule has 1 saturated heterocycles. The van der Waals surface area contributed by atoms with Crippen LogP contribution < -0.4 is 10.9 Å². The summed E-state index contributed by atoms with van der Waals surface area (Å²) in [6.45, 7) is 6.49. The highest BCUT2D eigenvalue weighted by Gasteiger charge is 2.33. The number of H-pyrrole nitrogens is 1. The summed E-state index contributed by atoms with van der Waals surface area (Å²) in [5.74, 6) is -0.442. The fourth-order valence-corrected chi connectivity index (χ4v) is 5.29. The molecule has 6 nitrogen and oxygen atoms in total. The molecular weight excluding hydrogens is 386 g/mol. The maximum Gasteiger partial charge on any atom is 0.261 e. The average Bonchev–Trinajstić information content (AvgIpc) is 3.34. The number of ketones is 1. The fraction of sp³-hybridized carbons (Fsp3) is 0.500. The van der Waals surface area contributed by atoms with Crippen molar-refractivity contribution in [3.05, 3.63) is 55.6 Å². The van der Waals surface area contributed by atoms with Crippen LogP contribution in [0.4, 0.5) is 0 Å². The molecule has 1 fully saturated rings. The van der Waals surface area contributed by atoms with Gasteiger partial charge in [-0.15, -0.1) is 11.3 Å². The highest BCUT2D eigenvalue weighted by molar-refractivity contribution is 7.10. The number of hydrogen-bond donors (Lipinski definition) is 2. The lowest BCUT2D eigenvalue weighted by atomic mass is 9.75. The molecule has 7 heteroatoms. The molecule has 4 rings (SSSR count). The maximum absolute atomic E-state index is 12.8. The number of pyridine rings is 1. The van der Waals surface area contributed by atoms with Crippen LogP contribution in [-0.2, 0) is 6.42 Å². The predicted octanol–water partition coefficient (Wildman–Crippen LogP) is 3.16. The molecule has 1 atom stereocenters. The number of carbonyl (C=O) groups excluding carboxylic acids is 2. The second-order valence-corrected chi connectivity index (χ2v) is 9.81. The minimum Gasteiger partial charge on any atom is -0.350 e. The van der Waals surface area contributed by atoms with E-state index in [1.165, 1.54) is 23.8 Å². The number of carbonyl (C=O) groups is 2. The molecule has 0 saturated carbocycles. The van der Waals surface area contributed by atoms with Gasteiger partial charge in [0.05, 0.1) is 6.04 Å². The molecule has 3 heterocycles. The zero-order valence-electron chi connectivity index (χ0n) is 16.9. The molecule has 1 aliphatic heterocycles. The van der Waals surface area contributed by atoms with E-state index in [-0.39, 0.29) is 22.8 Å². The molecular formula is C22H27N3O3S. The number of fused-ring (bicyclic) bond motifs is 1. The van der Waals surface area contributed by atoms with Crippen LogP contribution in [0.15, 0.2) is 28.4 Å². The van der Waals surface area contributed by atoms with Gasteiger partial charge in [-0.3, -0.25) is 19.3 Å². The highest BCUT2D eigenvalue weighted by atomic mass is 32.1. The summed E-state index contributed by atoms with van der Waals surface area (Å²) in [4.78, 5) is 44.3. The zero-order valence-corrected chi connectivity index (χ0v) is 17.7. The second kappa shape index (κ2) is 7.88. The summed E-state index contributed by atoms with van der Waals surface area (Å²) in [6.07, 6.45) is 3.38.